The first kappa shape index (κ1) is 23.4. The van der Waals surface area contributed by atoms with Gasteiger partial charge in [-0.2, -0.15) is 0 Å². The summed E-state index contributed by atoms with van der Waals surface area (Å²) >= 11 is 3.56. The summed E-state index contributed by atoms with van der Waals surface area (Å²) in [7, 11) is 4.94. The monoisotopic (exact) mass is 459 g/mol. The Hall–Kier alpha value is -1.63. The van der Waals surface area contributed by atoms with E-state index in [1.54, 1.807) is 21.3 Å². The largest absolute Gasteiger partial charge is 0.493 e. The highest BCUT2D eigenvalue weighted by molar-refractivity contribution is 9.10. The van der Waals surface area contributed by atoms with Gasteiger partial charge in [-0.25, -0.2) is 0 Å². The molecule has 27 heavy (non-hydrogen) atoms. The lowest BCUT2D eigenvalue weighted by Gasteiger charge is -2.14. The van der Waals surface area contributed by atoms with Crippen LogP contribution >= 0.6 is 28.3 Å². The van der Waals surface area contributed by atoms with E-state index < -0.39 is 0 Å². The van der Waals surface area contributed by atoms with Crippen molar-refractivity contribution >= 4 is 28.3 Å². The molecule has 0 spiro atoms. The number of rotatable bonds is 10. The minimum atomic E-state index is 0. The smallest absolute Gasteiger partial charge is 0.175 e. The van der Waals surface area contributed by atoms with Gasteiger partial charge in [0.1, 0.15) is 0 Å². The van der Waals surface area contributed by atoms with Crippen LogP contribution in [0.2, 0.25) is 0 Å². The van der Waals surface area contributed by atoms with E-state index in [-0.39, 0.29) is 12.4 Å². The van der Waals surface area contributed by atoms with Crippen LogP contribution in [0.3, 0.4) is 0 Å². The standard InChI is InChI=1S/C20H26BrNO4.ClH/c1-5-26-20-16(21)10-15(12-19(20)25-4)13-22-9-8-14-6-7-17(23-2)18(11-14)24-3;/h6-7,10-12,22H,5,8-9,13H2,1-4H3;1H. The molecule has 0 amide bonds. The maximum absolute atomic E-state index is 5.62. The van der Waals surface area contributed by atoms with Gasteiger partial charge in [-0.1, -0.05) is 6.07 Å². The van der Waals surface area contributed by atoms with Gasteiger partial charge in [0.25, 0.3) is 0 Å². The minimum Gasteiger partial charge on any atom is -0.493 e. The molecule has 0 radical (unpaired) electrons. The van der Waals surface area contributed by atoms with Gasteiger partial charge in [0.15, 0.2) is 23.0 Å². The second-order valence-corrected chi connectivity index (χ2v) is 6.51. The summed E-state index contributed by atoms with van der Waals surface area (Å²) in [6, 6.07) is 10.1. The number of ether oxygens (including phenoxy) is 4. The molecule has 2 aromatic carbocycles. The van der Waals surface area contributed by atoms with Crippen LogP contribution in [0.25, 0.3) is 0 Å². The van der Waals surface area contributed by atoms with E-state index in [2.05, 4.69) is 33.4 Å². The molecule has 7 heteroatoms. The maximum atomic E-state index is 5.62. The SMILES string of the molecule is CCOc1c(Br)cc(CNCCc2ccc(OC)c(OC)c2)cc1OC.Cl. The molecule has 0 heterocycles. The van der Waals surface area contributed by atoms with E-state index in [9.17, 15) is 0 Å². The summed E-state index contributed by atoms with van der Waals surface area (Å²) in [5, 5.41) is 3.46. The molecule has 0 fully saturated rings. The van der Waals surface area contributed by atoms with Crippen molar-refractivity contribution in [1.82, 2.24) is 5.32 Å². The van der Waals surface area contributed by atoms with Gasteiger partial charge < -0.3 is 24.3 Å². The van der Waals surface area contributed by atoms with Crippen molar-refractivity contribution in [3.05, 3.63) is 45.9 Å². The minimum absolute atomic E-state index is 0. The first-order valence-electron chi connectivity index (χ1n) is 8.53. The first-order chi connectivity index (χ1) is 12.6. The van der Waals surface area contributed by atoms with Crippen LogP contribution in [-0.4, -0.2) is 34.5 Å². The van der Waals surface area contributed by atoms with Gasteiger partial charge >= 0.3 is 0 Å². The third-order valence-electron chi connectivity index (χ3n) is 3.95. The zero-order valence-electron chi connectivity index (χ0n) is 16.1. The lowest BCUT2D eigenvalue weighted by molar-refractivity contribution is 0.308. The zero-order valence-corrected chi connectivity index (χ0v) is 18.5. The van der Waals surface area contributed by atoms with E-state index in [1.165, 1.54) is 5.56 Å². The highest BCUT2D eigenvalue weighted by atomic mass is 79.9. The summed E-state index contributed by atoms with van der Waals surface area (Å²) in [4.78, 5) is 0. The molecule has 0 aromatic heterocycles. The molecule has 0 aliphatic carbocycles. The number of hydrogen-bond acceptors (Lipinski definition) is 5. The van der Waals surface area contributed by atoms with Gasteiger partial charge in [-0.05, 0) is 71.2 Å². The molecule has 0 saturated carbocycles. The van der Waals surface area contributed by atoms with E-state index in [4.69, 9.17) is 18.9 Å². The van der Waals surface area contributed by atoms with Crippen molar-refractivity contribution in [3.8, 4) is 23.0 Å². The third kappa shape index (κ3) is 6.48. The van der Waals surface area contributed by atoms with E-state index in [0.29, 0.717) is 6.61 Å². The fourth-order valence-corrected chi connectivity index (χ4v) is 3.27. The lowest BCUT2D eigenvalue weighted by Crippen LogP contribution is -2.17. The zero-order chi connectivity index (χ0) is 18.9. The van der Waals surface area contributed by atoms with Crippen LogP contribution < -0.4 is 24.3 Å². The summed E-state index contributed by atoms with van der Waals surface area (Å²) < 4.78 is 22.6. The number of hydrogen-bond donors (Lipinski definition) is 1. The van der Waals surface area contributed by atoms with Gasteiger partial charge in [-0.15, -0.1) is 12.4 Å². The Morgan fingerprint density at radius 2 is 1.56 bits per heavy atom. The summed E-state index contributed by atoms with van der Waals surface area (Å²) in [5.41, 5.74) is 2.32. The average Bonchev–Trinajstić information content (AvgIpc) is 2.66. The second kappa shape index (κ2) is 12.0. The summed E-state index contributed by atoms with van der Waals surface area (Å²) in [6.07, 6.45) is 0.899. The van der Waals surface area contributed by atoms with Crippen LogP contribution in [-0.2, 0) is 13.0 Å². The molecule has 0 unspecified atom stereocenters. The molecule has 0 saturated heterocycles. The topological polar surface area (TPSA) is 49.0 Å². The molecule has 1 N–H and O–H groups in total. The average molecular weight is 461 g/mol. The normalized spacial score (nSPS) is 10.1. The number of benzene rings is 2. The van der Waals surface area contributed by atoms with Gasteiger partial charge in [0.2, 0.25) is 0 Å². The molecular weight excluding hydrogens is 434 g/mol. The fraction of sp³-hybridized carbons (Fsp3) is 0.400. The predicted octanol–water partition coefficient (Wildman–Crippen LogP) is 4.63. The van der Waals surface area contributed by atoms with Crippen molar-refractivity contribution < 1.29 is 18.9 Å². The molecule has 2 aromatic rings. The second-order valence-electron chi connectivity index (χ2n) is 5.66. The number of nitrogens with one attached hydrogen (secondary N) is 1. The van der Waals surface area contributed by atoms with Gasteiger partial charge in [0.05, 0.1) is 32.4 Å². The van der Waals surface area contributed by atoms with Gasteiger partial charge in [-0.3, -0.25) is 0 Å². The van der Waals surface area contributed by atoms with Crippen LogP contribution in [0.15, 0.2) is 34.8 Å². The van der Waals surface area contributed by atoms with Crippen LogP contribution in [0.4, 0.5) is 0 Å². The molecule has 2 rings (SSSR count). The quantitative estimate of drug-likeness (QED) is 0.524. The first-order valence-corrected chi connectivity index (χ1v) is 9.33. The summed E-state index contributed by atoms with van der Waals surface area (Å²) in [6.45, 7) is 4.14. The third-order valence-corrected chi connectivity index (χ3v) is 4.53. The molecule has 0 aliphatic heterocycles. The Bertz CT molecular complexity index is 727. The highest BCUT2D eigenvalue weighted by Gasteiger charge is 2.11. The van der Waals surface area contributed by atoms with Crippen molar-refractivity contribution in [1.29, 1.82) is 0 Å². The van der Waals surface area contributed by atoms with Crippen molar-refractivity contribution in [3.63, 3.8) is 0 Å². The van der Waals surface area contributed by atoms with Crippen LogP contribution in [0.1, 0.15) is 18.1 Å². The van der Waals surface area contributed by atoms with E-state index in [0.717, 1.165) is 52.5 Å². The molecule has 0 atom stereocenters. The lowest BCUT2D eigenvalue weighted by atomic mass is 10.1. The highest BCUT2D eigenvalue weighted by Crippen LogP contribution is 2.36. The maximum Gasteiger partial charge on any atom is 0.175 e. The van der Waals surface area contributed by atoms with Crippen molar-refractivity contribution in [2.75, 3.05) is 34.5 Å². The number of halogens is 2. The molecular formula is C20H27BrClNO4. The van der Waals surface area contributed by atoms with Crippen LogP contribution in [0.5, 0.6) is 23.0 Å². The Kier molecular flexibility index (Phi) is 10.4. The molecule has 0 aliphatic rings. The van der Waals surface area contributed by atoms with Gasteiger partial charge in [0, 0.05) is 6.54 Å². The Morgan fingerprint density at radius 1 is 0.889 bits per heavy atom. The Labute approximate surface area is 175 Å². The molecule has 5 nitrogen and oxygen atoms in total. The Morgan fingerprint density at radius 3 is 2.19 bits per heavy atom. The number of methoxy groups -OCH3 is 3. The van der Waals surface area contributed by atoms with Crippen LogP contribution in [0, 0.1) is 0 Å². The van der Waals surface area contributed by atoms with Crippen molar-refractivity contribution in [2.45, 2.75) is 19.9 Å². The molecule has 0 bridgehead atoms. The summed E-state index contributed by atoms with van der Waals surface area (Å²) in [5.74, 6) is 2.97. The Balaban J connectivity index is 0.00000364. The van der Waals surface area contributed by atoms with E-state index >= 15 is 0 Å². The predicted molar refractivity (Wildman–Crippen MR) is 114 cm³/mol. The van der Waals surface area contributed by atoms with E-state index in [1.807, 2.05) is 25.1 Å². The fourth-order valence-electron chi connectivity index (χ4n) is 2.66. The van der Waals surface area contributed by atoms with Crippen molar-refractivity contribution in [2.24, 2.45) is 0 Å². The molecule has 150 valence electrons.